The van der Waals surface area contributed by atoms with Crippen molar-refractivity contribution in [1.82, 2.24) is 9.78 Å². The molecule has 0 atom stereocenters. The van der Waals surface area contributed by atoms with Crippen molar-refractivity contribution in [1.29, 1.82) is 0 Å². The van der Waals surface area contributed by atoms with E-state index in [1.807, 2.05) is 18.2 Å². The lowest BCUT2D eigenvalue weighted by atomic mass is 10.1. The summed E-state index contributed by atoms with van der Waals surface area (Å²) in [6, 6.07) is 13.9. The number of hydrogen-bond acceptors (Lipinski definition) is 3. The molecule has 148 valence electrons. The molecule has 0 radical (unpaired) electrons. The first-order chi connectivity index (χ1) is 13.4. The fraction of sp³-hybridized carbons (Fsp3) is 0.250. The fourth-order valence-electron chi connectivity index (χ4n) is 2.74. The Morgan fingerprint density at radius 1 is 1.00 bits per heavy atom. The largest absolute Gasteiger partial charge is 0.266 e. The first-order valence-corrected chi connectivity index (χ1v) is 11.2. The summed E-state index contributed by atoms with van der Waals surface area (Å²) in [7, 11) is -3.69. The number of hydrogen-bond donors (Lipinski definition) is 1. The number of aryl methyl sites for hydroxylation is 1. The van der Waals surface area contributed by atoms with Crippen LogP contribution in [0.25, 0.3) is 0 Å². The third-order valence-corrected chi connectivity index (χ3v) is 6.37. The summed E-state index contributed by atoms with van der Waals surface area (Å²) in [5, 5.41) is 5.23. The van der Waals surface area contributed by atoms with Gasteiger partial charge in [0.15, 0.2) is 5.82 Å². The van der Waals surface area contributed by atoms with Crippen LogP contribution in [-0.2, 0) is 23.0 Å². The zero-order valence-corrected chi connectivity index (χ0v) is 17.7. The quantitative estimate of drug-likeness (QED) is 0.514. The average Bonchev–Trinajstić information content (AvgIpc) is 3.09. The molecule has 0 amide bonds. The Morgan fingerprint density at radius 3 is 2.39 bits per heavy atom. The summed E-state index contributed by atoms with van der Waals surface area (Å²) >= 11 is 11.9. The highest BCUT2D eigenvalue weighted by molar-refractivity contribution is 7.92. The van der Waals surface area contributed by atoms with Crippen LogP contribution in [0.2, 0.25) is 10.0 Å². The highest BCUT2D eigenvalue weighted by Gasteiger charge is 2.15. The lowest BCUT2D eigenvalue weighted by molar-refractivity contribution is 0.600. The molecule has 0 aliphatic carbocycles. The van der Waals surface area contributed by atoms with Crippen LogP contribution < -0.4 is 4.72 Å². The predicted molar refractivity (Wildman–Crippen MR) is 114 cm³/mol. The zero-order valence-electron chi connectivity index (χ0n) is 15.4. The number of rotatable bonds is 8. The van der Waals surface area contributed by atoms with Gasteiger partial charge in [-0.1, -0.05) is 54.7 Å². The van der Waals surface area contributed by atoms with Crippen molar-refractivity contribution in [3.8, 4) is 0 Å². The lowest BCUT2D eigenvalue weighted by Gasteiger charge is -2.07. The van der Waals surface area contributed by atoms with E-state index >= 15 is 0 Å². The summed E-state index contributed by atoms with van der Waals surface area (Å²) < 4.78 is 29.3. The molecule has 0 aliphatic heterocycles. The van der Waals surface area contributed by atoms with E-state index in [1.165, 1.54) is 0 Å². The van der Waals surface area contributed by atoms with Crippen LogP contribution in [-0.4, -0.2) is 18.2 Å². The molecule has 2 aromatic carbocycles. The Labute approximate surface area is 175 Å². The van der Waals surface area contributed by atoms with Gasteiger partial charge in [0.2, 0.25) is 0 Å². The normalized spacial score (nSPS) is 11.5. The molecule has 0 saturated carbocycles. The molecular formula is C20H21Cl2N3O2S. The van der Waals surface area contributed by atoms with E-state index in [0.29, 0.717) is 16.6 Å². The van der Waals surface area contributed by atoms with Gasteiger partial charge in [0, 0.05) is 12.3 Å². The Bertz CT molecular complexity index is 1050. The minimum Gasteiger partial charge on any atom is -0.266 e. The topological polar surface area (TPSA) is 64.0 Å². The van der Waals surface area contributed by atoms with Gasteiger partial charge in [-0.15, -0.1) is 0 Å². The zero-order chi connectivity index (χ0) is 20.1. The SMILES string of the molecule is CCCCc1ccc(S(=O)(=O)Nc2ccn(Cc3ccc(Cl)c(Cl)c3)n2)cc1. The molecule has 1 N–H and O–H groups in total. The number of unbranched alkanes of at least 4 members (excludes halogenated alkanes) is 1. The molecule has 0 aliphatic rings. The molecule has 0 saturated heterocycles. The van der Waals surface area contributed by atoms with Gasteiger partial charge in [-0.25, -0.2) is 8.42 Å². The van der Waals surface area contributed by atoms with E-state index in [-0.39, 0.29) is 10.7 Å². The van der Waals surface area contributed by atoms with Gasteiger partial charge in [0.05, 0.1) is 21.5 Å². The first-order valence-electron chi connectivity index (χ1n) is 8.96. The number of nitrogens with one attached hydrogen (secondary N) is 1. The molecule has 28 heavy (non-hydrogen) atoms. The standard InChI is InChI=1S/C20H21Cl2N3O2S/c1-2-3-4-15-5-8-17(9-6-15)28(26,27)24-20-11-12-25(23-20)14-16-7-10-18(21)19(22)13-16/h5-13H,2-4,14H2,1H3,(H,23,24). The third kappa shape index (κ3) is 5.28. The third-order valence-electron chi connectivity index (χ3n) is 4.26. The van der Waals surface area contributed by atoms with Crippen molar-refractivity contribution < 1.29 is 8.42 Å². The van der Waals surface area contributed by atoms with Crippen LogP contribution in [0.1, 0.15) is 30.9 Å². The van der Waals surface area contributed by atoms with Gasteiger partial charge in [-0.2, -0.15) is 5.10 Å². The molecule has 3 aromatic rings. The van der Waals surface area contributed by atoms with E-state index in [9.17, 15) is 8.42 Å². The number of nitrogens with zero attached hydrogens (tertiary/aromatic N) is 2. The molecule has 5 nitrogen and oxygen atoms in total. The van der Waals surface area contributed by atoms with Crippen LogP contribution in [0.5, 0.6) is 0 Å². The van der Waals surface area contributed by atoms with E-state index in [1.54, 1.807) is 41.2 Å². The number of sulfonamides is 1. The lowest BCUT2D eigenvalue weighted by Crippen LogP contribution is -2.14. The van der Waals surface area contributed by atoms with Crippen LogP contribution in [0.4, 0.5) is 5.82 Å². The minimum absolute atomic E-state index is 0.215. The van der Waals surface area contributed by atoms with Gasteiger partial charge < -0.3 is 0 Å². The van der Waals surface area contributed by atoms with Crippen molar-refractivity contribution >= 4 is 39.0 Å². The Morgan fingerprint density at radius 2 is 1.71 bits per heavy atom. The minimum atomic E-state index is -3.69. The summed E-state index contributed by atoms with van der Waals surface area (Å²) in [4.78, 5) is 0.215. The molecule has 8 heteroatoms. The molecule has 3 rings (SSSR count). The number of benzene rings is 2. The molecule has 0 bridgehead atoms. The molecule has 0 spiro atoms. The van der Waals surface area contributed by atoms with E-state index in [0.717, 1.165) is 30.4 Å². The maximum Gasteiger partial charge on any atom is 0.263 e. The highest BCUT2D eigenvalue weighted by atomic mass is 35.5. The maximum atomic E-state index is 12.6. The van der Waals surface area contributed by atoms with Crippen LogP contribution in [0.3, 0.4) is 0 Å². The van der Waals surface area contributed by atoms with Gasteiger partial charge in [0.25, 0.3) is 10.0 Å². The molecular weight excluding hydrogens is 417 g/mol. The van der Waals surface area contributed by atoms with Gasteiger partial charge in [-0.05, 0) is 48.2 Å². The van der Waals surface area contributed by atoms with Gasteiger partial charge >= 0.3 is 0 Å². The van der Waals surface area contributed by atoms with E-state index < -0.39 is 10.0 Å². The van der Waals surface area contributed by atoms with Crippen molar-refractivity contribution in [2.75, 3.05) is 4.72 Å². The van der Waals surface area contributed by atoms with Crippen LogP contribution in [0, 0.1) is 0 Å². The van der Waals surface area contributed by atoms with E-state index in [2.05, 4.69) is 16.7 Å². The number of aromatic nitrogens is 2. The molecule has 1 aromatic heterocycles. The predicted octanol–water partition coefficient (Wildman–Crippen LogP) is 5.38. The average molecular weight is 438 g/mol. The molecule has 0 unspecified atom stereocenters. The second-order valence-corrected chi connectivity index (χ2v) is 9.00. The maximum absolute atomic E-state index is 12.6. The monoisotopic (exact) mass is 437 g/mol. The number of anilines is 1. The molecule has 1 heterocycles. The summed E-state index contributed by atoms with van der Waals surface area (Å²) in [5.74, 6) is 0.259. The Balaban J connectivity index is 1.68. The summed E-state index contributed by atoms with van der Waals surface area (Å²) in [6.45, 7) is 2.58. The summed E-state index contributed by atoms with van der Waals surface area (Å²) in [5.41, 5.74) is 2.04. The van der Waals surface area contributed by atoms with E-state index in [4.69, 9.17) is 23.2 Å². The Hall–Kier alpha value is -2.02. The number of halogens is 2. The molecule has 0 fully saturated rings. The van der Waals surface area contributed by atoms with Crippen molar-refractivity contribution in [2.24, 2.45) is 0 Å². The second-order valence-electron chi connectivity index (χ2n) is 6.50. The summed E-state index contributed by atoms with van der Waals surface area (Å²) in [6.07, 6.45) is 4.84. The fourth-order valence-corrected chi connectivity index (χ4v) is 4.06. The smallest absolute Gasteiger partial charge is 0.263 e. The van der Waals surface area contributed by atoms with Gasteiger partial charge in [-0.3, -0.25) is 9.40 Å². The van der Waals surface area contributed by atoms with Crippen LogP contribution in [0.15, 0.2) is 59.6 Å². The second kappa shape index (κ2) is 8.99. The van der Waals surface area contributed by atoms with Crippen LogP contribution >= 0.6 is 23.2 Å². The Kier molecular flexibility index (Phi) is 6.65. The van der Waals surface area contributed by atoms with Gasteiger partial charge in [0.1, 0.15) is 0 Å². The first kappa shape index (κ1) is 20.7. The van der Waals surface area contributed by atoms with Crippen molar-refractivity contribution in [3.05, 3.63) is 75.9 Å². The van der Waals surface area contributed by atoms with Crippen molar-refractivity contribution in [2.45, 2.75) is 37.6 Å². The highest BCUT2D eigenvalue weighted by Crippen LogP contribution is 2.23. The van der Waals surface area contributed by atoms with Crippen molar-refractivity contribution in [3.63, 3.8) is 0 Å².